The van der Waals surface area contributed by atoms with E-state index in [0.717, 1.165) is 0 Å². The van der Waals surface area contributed by atoms with Crippen molar-refractivity contribution in [3.63, 3.8) is 0 Å². The second-order valence-electron chi connectivity index (χ2n) is 4.93. The zero-order chi connectivity index (χ0) is 14.7. The molecule has 1 heterocycles. The van der Waals surface area contributed by atoms with Crippen LogP contribution in [0.15, 0.2) is 18.2 Å². The van der Waals surface area contributed by atoms with Crippen molar-refractivity contribution < 1.29 is 19.8 Å². The third-order valence-electron chi connectivity index (χ3n) is 3.49. The van der Waals surface area contributed by atoms with Crippen molar-refractivity contribution in [2.24, 2.45) is 0 Å². The lowest BCUT2D eigenvalue weighted by Crippen LogP contribution is -2.49. The zero-order valence-electron chi connectivity index (χ0n) is 11.4. The van der Waals surface area contributed by atoms with Crippen molar-refractivity contribution in [2.45, 2.75) is 6.92 Å². The molecule has 1 amide bonds. The van der Waals surface area contributed by atoms with E-state index in [9.17, 15) is 14.7 Å². The second-order valence-corrected chi connectivity index (χ2v) is 4.93. The number of piperazine rings is 1. The molecule has 0 aliphatic carbocycles. The molecule has 2 N–H and O–H groups in total. The van der Waals surface area contributed by atoms with Gasteiger partial charge in [0.2, 0.25) is 0 Å². The minimum Gasteiger partial charge on any atom is -0.507 e. The van der Waals surface area contributed by atoms with Gasteiger partial charge in [0.1, 0.15) is 5.75 Å². The summed E-state index contributed by atoms with van der Waals surface area (Å²) in [6, 6.07) is 5.09. The highest BCUT2D eigenvalue weighted by Gasteiger charge is 2.24. The van der Waals surface area contributed by atoms with Crippen LogP contribution in [0.25, 0.3) is 0 Å². The molecule has 0 spiro atoms. The average molecular weight is 278 g/mol. The number of carbonyl (C=O) groups is 2. The molecular weight excluding hydrogens is 260 g/mol. The van der Waals surface area contributed by atoms with E-state index in [0.29, 0.717) is 37.3 Å². The van der Waals surface area contributed by atoms with Gasteiger partial charge >= 0.3 is 5.97 Å². The van der Waals surface area contributed by atoms with Gasteiger partial charge in [-0.25, -0.2) is 0 Å². The minimum atomic E-state index is -0.860. The number of hydrogen-bond acceptors (Lipinski definition) is 4. The van der Waals surface area contributed by atoms with Crippen LogP contribution in [0.2, 0.25) is 0 Å². The molecule has 6 heteroatoms. The van der Waals surface area contributed by atoms with Crippen LogP contribution in [0.4, 0.5) is 0 Å². The first kappa shape index (κ1) is 14.3. The molecule has 0 bridgehead atoms. The van der Waals surface area contributed by atoms with Crippen molar-refractivity contribution >= 4 is 11.9 Å². The number of carboxylic acids is 1. The molecule has 1 saturated heterocycles. The first-order chi connectivity index (χ1) is 9.49. The SMILES string of the molecule is Cc1cccc(C(=O)N2CCN(CC(=O)O)CC2)c1O. The third kappa shape index (κ3) is 3.08. The molecule has 1 aliphatic heterocycles. The van der Waals surface area contributed by atoms with Crippen LogP contribution in [0.1, 0.15) is 15.9 Å². The molecule has 108 valence electrons. The van der Waals surface area contributed by atoms with Crippen molar-refractivity contribution in [2.75, 3.05) is 32.7 Å². The molecule has 0 atom stereocenters. The molecule has 1 aromatic carbocycles. The number of aromatic hydroxyl groups is 1. The third-order valence-corrected chi connectivity index (χ3v) is 3.49. The molecule has 1 aliphatic rings. The number of carboxylic acid groups (broad SMARTS) is 1. The highest BCUT2D eigenvalue weighted by Crippen LogP contribution is 2.23. The standard InChI is InChI=1S/C14H18N2O4/c1-10-3-2-4-11(13(10)19)14(20)16-7-5-15(6-8-16)9-12(17)18/h2-4,19H,5-9H2,1H3,(H,17,18). The van der Waals surface area contributed by atoms with Crippen LogP contribution in [0, 0.1) is 6.92 Å². The summed E-state index contributed by atoms with van der Waals surface area (Å²) >= 11 is 0. The number of amides is 1. The normalized spacial score (nSPS) is 16.1. The predicted octanol–water partition coefficient (Wildman–Crippen LogP) is 0.543. The Kier molecular flexibility index (Phi) is 4.24. The number of nitrogens with zero attached hydrogens (tertiary/aromatic N) is 2. The lowest BCUT2D eigenvalue weighted by molar-refractivity contribution is -0.138. The van der Waals surface area contributed by atoms with Gasteiger partial charge in [0.15, 0.2) is 0 Å². The lowest BCUT2D eigenvalue weighted by atomic mass is 10.1. The van der Waals surface area contributed by atoms with Gasteiger partial charge in [-0.1, -0.05) is 12.1 Å². The number of phenols is 1. The molecule has 6 nitrogen and oxygen atoms in total. The molecule has 1 aromatic rings. The Morgan fingerprint density at radius 2 is 1.85 bits per heavy atom. The second kappa shape index (κ2) is 5.92. The van der Waals surface area contributed by atoms with E-state index in [1.54, 1.807) is 34.9 Å². The fourth-order valence-electron chi connectivity index (χ4n) is 2.30. The first-order valence-electron chi connectivity index (χ1n) is 6.51. The van der Waals surface area contributed by atoms with Gasteiger partial charge in [-0.05, 0) is 18.6 Å². The van der Waals surface area contributed by atoms with Crippen molar-refractivity contribution in [3.05, 3.63) is 29.3 Å². The fourth-order valence-corrected chi connectivity index (χ4v) is 2.30. The summed E-state index contributed by atoms with van der Waals surface area (Å²) in [5, 5.41) is 18.7. The van der Waals surface area contributed by atoms with E-state index in [1.807, 2.05) is 0 Å². The van der Waals surface area contributed by atoms with Crippen LogP contribution in [-0.4, -0.2) is 64.6 Å². The van der Waals surface area contributed by atoms with Gasteiger partial charge < -0.3 is 15.1 Å². The van der Waals surface area contributed by atoms with Gasteiger partial charge in [-0.2, -0.15) is 0 Å². The van der Waals surface area contributed by atoms with Gasteiger partial charge in [0.05, 0.1) is 12.1 Å². The Bertz CT molecular complexity index is 522. The topological polar surface area (TPSA) is 81.1 Å². The highest BCUT2D eigenvalue weighted by molar-refractivity contribution is 5.97. The monoisotopic (exact) mass is 278 g/mol. The maximum Gasteiger partial charge on any atom is 0.317 e. The van der Waals surface area contributed by atoms with E-state index < -0.39 is 5.97 Å². The van der Waals surface area contributed by atoms with E-state index >= 15 is 0 Å². The number of hydrogen-bond donors (Lipinski definition) is 2. The van der Waals surface area contributed by atoms with Crippen LogP contribution >= 0.6 is 0 Å². The molecular formula is C14H18N2O4. The molecule has 0 radical (unpaired) electrons. The summed E-state index contributed by atoms with van der Waals surface area (Å²) in [6.45, 7) is 3.75. The van der Waals surface area contributed by atoms with Crippen molar-refractivity contribution in [1.82, 2.24) is 9.80 Å². The summed E-state index contributed by atoms with van der Waals surface area (Å²) in [4.78, 5) is 26.4. The van der Waals surface area contributed by atoms with Crippen molar-refractivity contribution in [1.29, 1.82) is 0 Å². The van der Waals surface area contributed by atoms with Crippen LogP contribution in [-0.2, 0) is 4.79 Å². The number of aliphatic carboxylic acids is 1. The molecule has 1 fully saturated rings. The average Bonchev–Trinajstić information content (AvgIpc) is 2.41. The maximum absolute atomic E-state index is 12.3. The van der Waals surface area contributed by atoms with Gasteiger partial charge in [-0.3, -0.25) is 14.5 Å². The molecule has 0 unspecified atom stereocenters. The maximum atomic E-state index is 12.3. The van der Waals surface area contributed by atoms with Crippen LogP contribution in [0.3, 0.4) is 0 Å². The molecule has 20 heavy (non-hydrogen) atoms. The van der Waals surface area contributed by atoms with Crippen LogP contribution in [0.5, 0.6) is 5.75 Å². The predicted molar refractivity (Wildman–Crippen MR) is 72.8 cm³/mol. The zero-order valence-corrected chi connectivity index (χ0v) is 11.4. The lowest BCUT2D eigenvalue weighted by Gasteiger charge is -2.34. The van der Waals surface area contributed by atoms with Gasteiger partial charge in [0.25, 0.3) is 5.91 Å². The quantitative estimate of drug-likeness (QED) is 0.843. The minimum absolute atomic E-state index is 0.00226. The Morgan fingerprint density at radius 3 is 2.45 bits per heavy atom. The Labute approximate surface area is 117 Å². The highest BCUT2D eigenvalue weighted by atomic mass is 16.4. The molecule has 0 aromatic heterocycles. The Balaban J connectivity index is 2.02. The Hall–Kier alpha value is -2.08. The fraction of sp³-hybridized carbons (Fsp3) is 0.429. The number of phenolic OH excluding ortho intramolecular Hbond substituents is 1. The molecule has 0 saturated carbocycles. The smallest absolute Gasteiger partial charge is 0.317 e. The van der Waals surface area contributed by atoms with E-state index in [4.69, 9.17) is 5.11 Å². The number of carbonyl (C=O) groups excluding carboxylic acids is 1. The van der Waals surface area contributed by atoms with Gasteiger partial charge in [0, 0.05) is 26.2 Å². The largest absolute Gasteiger partial charge is 0.507 e. The number of aryl methyl sites for hydroxylation is 1. The van der Waals surface area contributed by atoms with Crippen molar-refractivity contribution in [3.8, 4) is 5.75 Å². The number of rotatable bonds is 3. The first-order valence-corrected chi connectivity index (χ1v) is 6.51. The molecule has 2 rings (SSSR count). The number of para-hydroxylation sites is 1. The summed E-state index contributed by atoms with van der Waals surface area (Å²) < 4.78 is 0. The summed E-state index contributed by atoms with van der Waals surface area (Å²) in [6.07, 6.45) is 0. The van der Waals surface area contributed by atoms with E-state index in [-0.39, 0.29) is 18.2 Å². The summed E-state index contributed by atoms with van der Waals surface area (Å²) in [7, 11) is 0. The van der Waals surface area contributed by atoms with E-state index in [1.165, 1.54) is 0 Å². The summed E-state index contributed by atoms with van der Waals surface area (Å²) in [5.41, 5.74) is 0.969. The summed E-state index contributed by atoms with van der Waals surface area (Å²) in [5.74, 6) is -1.05. The van der Waals surface area contributed by atoms with Gasteiger partial charge in [-0.15, -0.1) is 0 Å². The number of benzene rings is 1. The van der Waals surface area contributed by atoms with Crippen LogP contribution < -0.4 is 0 Å². The van der Waals surface area contributed by atoms with E-state index in [2.05, 4.69) is 0 Å². The Morgan fingerprint density at radius 1 is 1.20 bits per heavy atom.